The number of carbonyl (C=O) groups excluding carboxylic acids is 7. The molecule has 14 nitrogen and oxygen atoms in total. The van der Waals surface area contributed by atoms with Gasteiger partial charge in [0.25, 0.3) is 11.8 Å². The van der Waals surface area contributed by atoms with E-state index in [-0.39, 0.29) is 25.3 Å². The lowest BCUT2D eigenvalue weighted by Crippen LogP contribution is -2.59. The molecular formula is C37H54N6O8S2. The fraction of sp³-hybridized carbons (Fsp3) is 0.649. The molecule has 53 heavy (non-hydrogen) atoms. The number of hydrogen-bond acceptors (Lipinski definition) is 10. The van der Waals surface area contributed by atoms with E-state index < -0.39 is 75.6 Å². The number of ether oxygens (including phenoxy) is 1. The van der Waals surface area contributed by atoms with Crippen molar-refractivity contribution in [3.8, 4) is 0 Å². The lowest BCUT2D eigenvalue weighted by molar-refractivity contribution is -0.144. The van der Waals surface area contributed by atoms with Gasteiger partial charge in [0.15, 0.2) is 0 Å². The van der Waals surface area contributed by atoms with Gasteiger partial charge in [-0.15, -0.1) is 23.5 Å². The van der Waals surface area contributed by atoms with Crippen molar-refractivity contribution in [2.24, 2.45) is 11.3 Å². The molecule has 1 unspecified atom stereocenters. The summed E-state index contributed by atoms with van der Waals surface area (Å²) in [6, 6.07) is -3.16. The molecule has 2 aliphatic heterocycles. The highest BCUT2D eigenvalue weighted by molar-refractivity contribution is 8.18. The molecule has 2 aliphatic carbocycles. The van der Waals surface area contributed by atoms with Crippen LogP contribution in [0.2, 0.25) is 0 Å². The molecule has 1 spiro atoms. The Balaban J connectivity index is 1.45. The number of thioether (sulfide) groups is 2. The zero-order chi connectivity index (χ0) is 38.9. The monoisotopic (exact) mass is 774 g/mol. The van der Waals surface area contributed by atoms with Crippen LogP contribution in [0.25, 0.3) is 0 Å². The Morgan fingerprint density at radius 1 is 1.04 bits per heavy atom. The van der Waals surface area contributed by atoms with Crippen LogP contribution in [0.5, 0.6) is 0 Å². The van der Waals surface area contributed by atoms with E-state index in [1.807, 2.05) is 32.9 Å². The molecule has 2 heterocycles. The van der Waals surface area contributed by atoms with Crippen molar-refractivity contribution < 1.29 is 38.3 Å². The zero-order valence-corrected chi connectivity index (χ0v) is 33.2. The first kappa shape index (κ1) is 42.0. The summed E-state index contributed by atoms with van der Waals surface area (Å²) in [6.07, 6.45) is 10.8. The number of likely N-dealkylation sites (tertiary alicyclic amines) is 1. The number of carbonyl (C=O) groups is 7. The third-order valence-corrected chi connectivity index (χ3v) is 12.7. The maximum atomic E-state index is 14.3. The number of alkyl carbamates (subject to hydrolysis) is 1. The van der Waals surface area contributed by atoms with Crippen LogP contribution < -0.4 is 21.3 Å². The molecule has 0 aromatic carbocycles. The molecule has 1 saturated carbocycles. The highest BCUT2D eigenvalue weighted by Gasteiger charge is 2.53. The lowest BCUT2D eigenvalue weighted by atomic mass is 9.85. The van der Waals surface area contributed by atoms with Crippen LogP contribution in [0.15, 0.2) is 35.6 Å². The van der Waals surface area contributed by atoms with E-state index in [4.69, 9.17) is 4.74 Å². The minimum Gasteiger partial charge on any atom is -0.449 e. The summed E-state index contributed by atoms with van der Waals surface area (Å²) in [6.45, 7) is 7.28. The van der Waals surface area contributed by atoms with Crippen molar-refractivity contribution in [3.05, 3.63) is 35.6 Å². The highest BCUT2D eigenvalue weighted by atomic mass is 32.2. The minimum absolute atomic E-state index is 0.0686. The third-order valence-electron chi connectivity index (χ3n) is 9.35. The van der Waals surface area contributed by atoms with Crippen LogP contribution in [0, 0.1) is 11.3 Å². The Morgan fingerprint density at radius 2 is 1.74 bits per heavy atom. The second-order valence-corrected chi connectivity index (χ2v) is 18.4. The van der Waals surface area contributed by atoms with Crippen molar-refractivity contribution >= 4 is 64.9 Å². The number of rotatable bonds is 14. The molecule has 4 rings (SSSR count). The summed E-state index contributed by atoms with van der Waals surface area (Å²) in [5, 5.41) is 10.4. The van der Waals surface area contributed by atoms with Crippen molar-refractivity contribution in [1.82, 2.24) is 31.1 Å². The molecule has 0 bridgehead atoms. The summed E-state index contributed by atoms with van der Waals surface area (Å²) in [5.74, 6) is -2.03. The Kier molecular flexibility index (Phi) is 14.6. The van der Waals surface area contributed by atoms with Crippen LogP contribution in [-0.4, -0.2) is 119 Å². The van der Waals surface area contributed by atoms with E-state index in [0.29, 0.717) is 30.8 Å². The number of amides is 6. The van der Waals surface area contributed by atoms with E-state index >= 15 is 0 Å². The summed E-state index contributed by atoms with van der Waals surface area (Å²) in [5.41, 5.74) is -0.0537. The first-order valence-electron chi connectivity index (χ1n) is 18.3. The molecule has 292 valence electrons. The van der Waals surface area contributed by atoms with Gasteiger partial charge in [0.1, 0.15) is 17.8 Å². The lowest BCUT2D eigenvalue weighted by Gasteiger charge is -2.36. The number of ketones is 1. The molecule has 0 radical (unpaired) electrons. The average molecular weight is 775 g/mol. The third kappa shape index (κ3) is 11.6. The SMILES string of the molecule is CCCC(NC(=O)[C@@H]1CC2(CN1C(=O)[C@@H](NC(=O)OCC1CC1)C(C)(C)C)SCCCS2)C(=O)C(=O)NCC(=O)NC(C(=O)N(C)C)=C1C=CC=CC1. The Bertz CT molecular complexity index is 1530. The summed E-state index contributed by atoms with van der Waals surface area (Å²) in [4.78, 5) is 96.3. The van der Waals surface area contributed by atoms with E-state index in [0.717, 1.165) is 30.8 Å². The maximum Gasteiger partial charge on any atom is 0.407 e. The van der Waals surface area contributed by atoms with Gasteiger partial charge in [0.05, 0.1) is 23.3 Å². The van der Waals surface area contributed by atoms with Gasteiger partial charge in [-0.2, -0.15) is 0 Å². The minimum atomic E-state index is -1.21. The number of nitrogens with zero attached hydrogens (tertiary/aromatic N) is 2. The summed E-state index contributed by atoms with van der Waals surface area (Å²) >= 11 is 3.41. The van der Waals surface area contributed by atoms with Gasteiger partial charge in [0, 0.05) is 27.1 Å². The van der Waals surface area contributed by atoms with Crippen LogP contribution in [0.4, 0.5) is 4.79 Å². The van der Waals surface area contributed by atoms with Crippen LogP contribution in [-0.2, 0) is 33.5 Å². The van der Waals surface area contributed by atoms with Gasteiger partial charge in [-0.3, -0.25) is 28.8 Å². The second-order valence-electron chi connectivity index (χ2n) is 15.2. The predicted molar refractivity (Wildman–Crippen MR) is 204 cm³/mol. The molecule has 3 atom stereocenters. The van der Waals surface area contributed by atoms with Crippen LogP contribution in [0.3, 0.4) is 0 Å². The van der Waals surface area contributed by atoms with Gasteiger partial charge in [-0.1, -0.05) is 58.4 Å². The molecule has 16 heteroatoms. The van der Waals surface area contributed by atoms with E-state index in [2.05, 4.69) is 21.3 Å². The topological polar surface area (TPSA) is 183 Å². The van der Waals surface area contributed by atoms with Gasteiger partial charge >= 0.3 is 6.09 Å². The molecule has 2 saturated heterocycles. The van der Waals surface area contributed by atoms with Gasteiger partial charge in [-0.25, -0.2) is 4.79 Å². The van der Waals surface area contributed by atoms with E-state index in [1.165, 1.54) is 9.80 Å². The largest absolute Gasteiger partial charge is 0.449 e. The molecule has 0 aromatic rings. The van der Waals surface area contributed by atoms with Crippen molar-refractivity contribution in [3.63, 3.8) is 0 Å². The number of Topliss-reactive ketones (excluding diaryl/α,β-unsaturated/α-hetero) is 1. The zero-order valence-electron chi connectivity index (χ0n) is 31.6. The van der Waals surface area contributed by atoms with Gasteiger partial charge in [0.2, 0.25) is 23.5 Å². The Hall–Kier alpha value is -3.79. The van der Waals surface area contributed by atoms with E-state index in [1.54, 1.807) is 56.7 Å². The number of hydrogen-bond donors (Lipinski definition) is 4. The standard InChI is InChI=1S/C37H54N6O8S2/c1-7-12-25(29(45)32(47)38-20-27(44)40-28(33(48)42(5)6)24-13-9-8-10-14-24)39-31(46)26-19-37(52-17-11-18-53-37)22-43(26)34(49)30(36(2,3)4)41-35(50)51-21-23-15-16-23/h8-10,13,23,25-26,30H,7,11-12,14-22H2,1-6H3,(H,38,47)(H,39,46)(H,40,44)(H,41,50)/t25?,26-,30+/m0/s1. The Labute approximate surface area is 320 Å². The normalized spacial score (nSPS) is 21.2. The molecule has 6 amide bonds. The Morgan fingerprint density at radius 3 is 2.32 bits per heavy atom. The highest BCUT2D eigenvalue weighted by Crippen LogP contribution is 2.50. The van der Waals surface area contributed by atoms with Crippen molar-refractivity contribution in [1.29, 1.82) is 0 Å². The first-order valence-corrected chi connectivity index (χ1v) is 20.2. The number of nitrogens with one attached hydrogen (secondary N) is 4. The maximum absolute atomic E-state index is 14.3. The number of allylic oxidation sites excluding steroid dienone is 5. The van der Waals surface area contributed by atoms with Crippen LogP contribution in [0.1, 0.15) is 72.6 Å². The molecule has 4 aliphatic rings. The molecule has 3 fully saturated rings. The predicted octanol–water partition coefficient (Wildman–Crippen LogP) is 2.65. The summed E-state index contributed by atoms with van der Waals surface area (Å²) in [7, 11) is 3.11. The molecular weight excluding hydrogens is 721 g/mol. The van der Waals surface area contributed by atoms with Gasteiger partial charge in [-0.05, 0) is 60.5 Å². The average Bonchev–Trinajstić information content (AvgIpc) is 3.89. The fourth-order valence-corrected chi connectivity index (χ4v) is 9.54. The number of likely N-dealkylation sites (N-methyl/N-ethyl adjacent to an activating group) is 1. The van der Waals surface area contributed by atoms with Crippen LogP contribution >= 0.6 is 23.5 Å². The quantitative estimate of drug-likeness (QED) is 0.151. The fourth-order valence-electron chi connectivity index (χ4n) is 6.19. The van der Waals surface area contributed by atoms with Gasteiger partial charge < -0.3 is 35.8 Å². The molecule has 0 aromatic heterocycles. The van der Waals surface area contributed by atoms with Crippen molar-refractivity contribution in [2.75, 3.05) is 45.3 Å². The smallest absolute Gasteiger partial charge is 0.407 e. The summed E-state index contributed by atoms with van der Waals surface area (Å²) < 4.78 is 4.95. The van der Waals surface area contributed by atoms with Crippen molar-refractivity contribution in [2.45, 2.75) is 94.8 Å². The molecule has 4 N–H and O–H groups in total. The van der Waals surface area contributed by atoms with E-state index in [9.17, 15) is 33.6 Å². The first-order chi connectivity index (χ1) is 25.0. The second kappa shape index (κ2) is 18.5.